The minimum atomic E-state index is -0.646. The van der Waals surface area contributed by atoms with Crippen molar-refractivity contribution >= 4 is 57.9 Å². The lowest BCUT2D eigenvalue weighted by atomic mass is 10.1. The fourth-order valence-corrected chi connectivity index (χ4v) is 3.12. The molecule has 2 aromatic carbocycles. The summed E-state index contributed by atoms with van der Waals surface area (Å²) in [5.41, 5.74) is 1.09. The maximum absolute atomic E-state index is 12.7. The van der Waals surface area contributed by atoms with Crippen molar-refractivity contribution in [1.29, 1.82) is 5.26 Å². The first-order valence-corrected chi connectivity index (χ1v) is 7.81. The molecule has 0 saturated heterocycles. The van der Waals surface area contributed by atoms with E-state index in [0.717, 1.165) is 4.90 Å². The van der Waals surface area contributed by atoms with Crippen LogP contribution in [0.25, 0.3) is 5.57 Å². The van der Waals surface area contributed by atoms with Crippen molar-refractivity contribution in [3.8, 4) is 6.07 Å². The van der Waals surface area contributed by atoms with Crippen LogP contribution in [0, 0.1) is 11.3 Å². The van der Waals surface area contributed by atoms with Gasteiger partial charge >= 0.3 is 0 Å². The van der Waals surface area contributed by atoms with Gasteiger partial charge in [0.1, 0.15) is 5.03 Å². The van der Waals surface area contributed by atoms with Gasteiger partial charge in [0.15, 0.2) is 0 Å². The predicted octanol–water partition coefficient (Wildman–Crippen LogP) is 4.39. The first kappa shape index (κ1) is 16.5. The van der Waals surface area contributed by atoms with Gasteiger partial charge in [-0.3, -0.25) is 9.59 Å². The molecule has 0 spiro atoms. The summed E-state index contributed by atoms with van der Waals surface area (Å²) in [7, 11) is 0. The van der Waals surface area contributed by atoms with Crippen LogP contribution in [0.3, 0.4) is 0 Å². The zero-order chi connectivity index (χ0) is 17.4. The average molecular weight is 378 g/mol. The van der Waals surface area contributed by atoms with Crippen LogP contribution in [0.15, 0.2) is 47.5 Å². The van der Waals surface area contributed by atoms with E-state index >= 15 is 0 Å². The molecular formula is C17H7Cl3N2O2. The SMILES string of the molecule is N#Cc1ccc(N2C(=O)C(Cl)=C(c3ccc(Cl)cc3Cl)C2=O)cc1. The van der Waals surface area contributed by atoms with Crippen molar-refractivity contribution in [2.45, 2.75) is 0 Å². The number of carbonyl (C=O) groups excluding carboxylic acids is 2. The number of nitrogens with zero attached hydrogens (tertiary/aromatic N) is 2. The van der Waals surface area contributed by atoms with Gasteiger partial charge in [-0.15, -0.1) is 0 Å². The highest BCUT2D eigenvalue weighted by Gasteiger charge is 2.39. The van der Waals surface area contributed by atoms with E-state index in [0.29, 0.717) is 21.8 Å². The summed E-state index contributed by atoms with van der Waals surface area (Å²) in [6, 6.07) is 12.6. The molecule has 3 rings (SSSR count). The Balaban J connectivity index is 2.06. The number of hydrogen-bond acceptors (Lipinski definition) is 3. The van der Waals surface area contributed by atoms with Crippen molar-refractivity contribution in [2.24, 2.45) is 0 Å². The topological polar surface area (TPSA) is 61.2 Å². The number of benzene rings is 2. The summed E-state index contributed by atoms with van der Waals surface area (Å²) in [6.07, 6.45) is 0. The average Bonchev–Trinajstić information content (AvgIpc) is 2.78. The third-order valence-corrected chi connectivity index (χ3v) is 4.38. The molecule has 0 aromatic heterocycles. The zero-order valence-electron chi connectivity index (χ0n) is 11.9. The number of halogens is 3. The number of amides is 2. The van der Waals surface area contributed by atoms with Gasteiger partial charge in [0.05, 0.1) is 27.9 Å². The summed E-state index contributed by atoms with van der Waals surface area (Å²) in [5, 5.41) is 9.24. The molecule has 118 valence electrons. The van der Waals surface area contributed by atoms with Gasteiger partial charge in [-0.25, -0.2) is 4.90 Å². The van der Waals surface area contributed by atoms with Gasteiger partial charge in [-0.2, -0.15) is 5.26 Å². The third-order valence-electron chi connectivity index (χ3n) is 3.48. The summed E-state index contributed by atoms with van der Waals surface area (Å²) in [6.45, 7) is 0. The summed E-state index contributed by atoms with van der Waals surface area (Å²) < 4.78 is 0. The Morgan fingerprint density at radius 1 is 0.917 bits per heavy atom. The molecule has 0 N–H and O–H groups in total. The smallest absolute Gasteiger partial charge is 0.268 e. The number of imide groups is 1. The minimum Gasteiger partial charge on any atom is -0.268 e. The Labute approximate surface area is 152 Å². The van der Waals surface area contributed by atoms with Crippen LogP contribution in [-0.2, 0) is 9.59 Å². The van der Waals surface area contributed by atoms with Crippen LogP contribution >= 0.6 is 34.8 Å². The van der Waals surface area contributed by atoms with Crippen molar-refractivity contribution in [3.63, 3.8) is 0 Å². The molecule has 0 saturated carbocycles. The van der Waals surface area contributed by atoms with E-state index in [4.69, 9.17) is 40.1 Å². The van der Waals surface area contributed by atoms with Gasteiger partial charge in [-0.05, 0) is 36.4 Å². The summed E-state index contributed by atoms with van der Waals surface area (Å²) >= 11 is 18.1. The predicted molar refractivity (Wildman–Crippen MR) is 92.9 cm³/mol. The van der Waals surface area contributed by atoms with E-state index in [1.807, 2.05) is 6.07 Å². The van der Waals surface area contributed by atoms with Gasteiger partial charge in [0, 0.05) is 10.6 Å². The van der Waals surface area contributed by atoms with Gasteiger partial charge in [0.2, 0.25) is 0 Å². The molecule has 0 unspecified atom stereocenters. The Morgan fingerprint density at radius 2 is 1.58 bits per heavy atom. The third kappa shape index (κ3) is 2.67. The highest BCUT2D eigenvalue weighted by Crippen LogP contribution is 2.38. The second kappa shape index (κ2) is 6.29. The standard InChI is InChI=1S/C17H7Cl3N2O2/c18-10-3-6-12(13(19)7-10)14-15(20)17(24)22(16(14)23)11-4-1-9(8-21)2-5-11/h1-7H. The quantitative estimate of drug-likeness (QED) is 0.729. The normalized spacial score (nSPS) is 14.3. The molecule has 2 amide bonds. The Kier molecular flexibility index (Phi) is 4.33. The molecule has 4 nitrogen and oxygen atoms in total. The van der Waals surface area contributed by atoms with Crippen LogP contribution in [0.5, 0.6) is 0 Å². The Hall–Kier alpha value is -2.32. The maximum atomic E-state index is 12.7. The van der Waals surface area contributed by atoms with Gasteiger partial charge < -0.3 is 0 Å². The lowest BCUT2D eigenvalue weighted by Crippen LogP contribution is -2.31. The molecule has 0 fully saturated rings. The van der Waals surface area contributed by atoms with Crippen molar-refractivity contribution in [3.05, 3.63) is 68.7 Å². The van der Waals surface area contributed by atoms with Gasteiger partial charge in [0.25, 0.3) is 11.8 Å². The molecular weight excluding hydrogens is 371 g/mol. The molecule has 1 heterocycles. The van der Waals surface area contributed by atoms with Crippen LogP contribution in [-0.4, -0.2) is 11.8 Å². The molecule has 7 heteroatoms. The fraction of sp³-hybridized carbons (Fsp3) is 0. The Morgan fingerprint density at radius 3 is 2.17 bits per heavy atom. The summed E-state index contributed by atoms with van der Waals surface area (Å²) in [4.78, 5) is 26.1. The highest BCUT2D eigenvalue weighted by molar-refractivity contribution is 6.60. The van der Waals surface area contributed by atoms with Crippen LogP contribution in [0.2, 0.25) is 10.0 Å². The number of hydrogen-bond donors (Lipinski definition) is 0. The van der Waals surface area contributed by atoms with Crippen molar-refractivity contribution in [1.82, 2.24) is 0 Å². The number of nitriles is 1. The van der Waals surface area contributed by atoms with Crippen molar-refractivity contribution < 1.29 is 9.59 Å². The van der Waals surface area contributed by atoms with Crippen LogP contribution in [0.4, 0.5) is 5.69 Å². The van der Waals surface area contributed by atoms with E-state index in [1.54, 1.807) is 6.07 Å². The van der Waals surface area contributed by atoms with E-state index in [9.17, 15) is 9.59 Å². The molecule has 1 aliphatic rings. The van der Waals surface area contributed by atoms with Crippen LogP contribution in [0.1, 0.15) is 11.1 Å². The lowest BCUT2D eigenvalue weighted by Gasteiger charge is -2.15. The molecule has 24 heavy (non-hydrogen) atoms. The fourth-order valence-electron chi connectivity index (χ4n) is 2.35. The van der Waals surface area contributed by atoms with E-state index in [2.05, 4.69) is 0 Å². The minimum absolute atomic E-state index is 0.0210. The first-order chi connectivity index (χ1) is 11.4. The largest absolute Gasteiger partial charge is 0.277 e. The van der Waals surface area contributed by atoms with E-state index in [1.165, 1.54) is 36.4 Å². The van der Waals surface area contributed by atoms with E-state index in [-0.39, 0.29) is 15.6 Å². The lowest BCUT2D eigenvalue weighted by molar-refractivity contribution is -0.119. The second-order valence-electron chi connectivity index (χ2n) is 4.92. The van der Waals surface area contributed by atoms with E-state index < -0.39 is 11.8 Å². The molecule has 1 aliphatic heterocycles. The first-order valence-electron chi connectivity index (χ1n) is 6.68. The zero-order valence-corrected chi connectivity index (χ0v) is 14.2. The van der Waals surface area contributed by atoms with Crippen LogP contribution < -0.4 is 4.90 Å². The van der Waals surface area contributed by atoms with Gasteiger partial charge in [-0.1, -0.05) is 40.9 Å². The monoisotopic (exact) mass is 376 g/mol. The highest BCUT2D eigenvalue weighted by atomic mass is 35.5. The number of carbonyl (C=O) groups is 2. The molecule has 0 radical (unpaired) electrons. The Bertz CT molecular complexity index is 943. The molecule has 2 aromatic rings. The number of rotatable bonds is 2. The summed E-state index contributed by atoms with van der Waals surface area (Å²) in [5.74, 6) is -1.23. The maximum Gasteiger partial charge on any atom is 0.277 e. The molecule has 0 aliphatic carbocycles. The second-order valence-corrected chi connectivity index (χ2v) is 6.14. The number of anilines is 1. The molecule has 0 bridgehead atoms. The van der Waals surface area contributed by atoms with Crippen molar-refractivity contribution in [2.75, 3.05) is 4.90 Å². The molecule has 0 atom stereocenters.